The first-order valence-electron chi connectivity index (χ1n) is 28.0. The lowest BCUT2D eigenvalue weighted by Crippen LogP contribution is -2.46. The highest BCUT2D eigenvalue weighted by atomic mass is 16.5. The first kappa shape index (κ1) is 63.8. The summed E-state index contributed by atoms with van der Waals surface area (Å²) in [7, 11) is 0. The fourth-order valence-corrected chi connectivity index (χ4v) is 8.00. The zero-order valence-corrected chi connectivity index (χ0v) is 43.8. The van der Waals surface area contributed by atoms with Gasteiger partial charge in [0.05, 0.1) is 25.2 Å². The lowest BCUT2D eigenvalue weighted by molar-refractivity contribution is -0.151. The van der Waals surface area contributed by atoms with E-state index in [9.17, 15) is 19.8 Å². The number of nitrogens with one attached hydrogen (secondary N) is 1. The van der Waals surface area contributed by atoms with Crippen molar-refractivity contribution in [1.82, 2.24) is 5.32 Å². The maximum absolute atomic E-state index is 13.3. The van der Waals surface area contributed by atoms with Crippen LogP contribution in [0.15, 0.2) is 97.2 Å². The normalized spacial score (nSPS) is 13.9. The molecule has 6 heteroatoms. The number of hydrogen-bond acceptors (Lipinski definition) is 5. The third-order valence-corrected chi connectivity index (χ3v) is 12.2. The van der Waals surface area contributed by atoms with Crippen LogP contribution in [0.5, 0.6) is 0 Å². The summed E-state index contributed by atoms with van der Waals surface area (Å²) >= 11 is 0. The Kier molecular flexibility index (Phi) is 51.1. The average Bonchev–Trinajstić information content (AvgIpc) is 3.32. The standard InChI is InChI=1S/C61H105NO5/c1-4-7-10-13-16-19-22-25-28-29-30-33-36-39-42-45-48-51-54-61(66)67-57(52-49-46-43-40-37-34-31-26-23-20-17-14-11-8-5-2)55-60(65)62-58(56-63)59(64)53-50-47-44-41-38-35-32-27-24-21-18-15-12-9-6-3/h10,13,16-17,19-20,22,25-26,28-31,33,37,40,57-59,63-64H,4-9,11-12,14-15,18,21,23-24,27,32,34-36,38-39,41-56H2,1-3H3,(H,62,65)/b13-10+,19-16+,20-17-,25-22+,29-28+,31-26-,33-30+,40-37-. The number of hydrogen-bond donors (Lipinski definition) is 3. The lowest BCUT2D eigenvalue weighted by atomic mass is 10.0. The smallest absolute Gasteiger partial charge is 0.306 e. The Labute approximate surface area is 414 Å². The molecule has 6 nitrogen and oxygen atoms in total. The Morgan fingerprint density at radius 3 is 1.39 bits per heavy atom. The number of carbonyl (C=O) groups excluding carboxylic acids is 2. The van der Waals surface area contributed by atoms with Crippen LogP contribution in [-0.2, 0) is 14.3 Å². The molecule has 0 spiro atoms. The van der Waals surface area contributed by atoms with Gasteiger partial charge in [-0.1, -0.05) is 253 Å². The molecule has 0 rings (SSSR count). The number of allylic oxidation sites excluding steroid dienone is 16. The maximum atomic E-state index is 13.3. The molecular formula is C61H105NO5. The summed E-state index contributed by atoms with van der Waals surface area (Å²) in [6.45, 7) is 6.36. The predicted molar refractivity (Wildman–Crippen MR) is 291 cm³/mol. The first-order chi connectivity index (χ1) is 33.0. The van der Waals surface area contributed by atoms with Gasteiger partial charge in [0.25, 0.3) is 0 Å². The number of ether oxygens (including phenoxy) is 1. The highest BCUT2D eigenvalue weighted by molar-refractivity contribution is 5.77. The zero-order valence-electron chi connectivity index (χ0n) is 43.8. The van der Waals surface area contributed by atoms with E-state index in [1.165, 1.54) is 109 Å². The fraction of sp³-hybridized carbons (Fsp3) is 0.705. The van der Waals surface area contributed by atoms with E-state index in [1.807, 2.05) is 24.3 Å². The monoisotopic (exact) mass is 932 g/mol. The second-order valence-corrected chi connectivity index (χ2v) is 18.8. The highest BCUT2D eigenvalue weighted by Gasteiger charge is 2.24. The van der Waals surface area contributed by atoms with Gasteiger partial charge < -0.3 is 20.3 Å². The summed E-state index contributed by atoms with van der Waals surface area (Å²) < 4.78 is 5.93. The summed E-state index contributed by atoms with van der Waals surface area (Å²) in [5.74, 6) is -0.543. The molecule has 67 heavy (non-hydrogen) atoms. The van der Waals surface area contributed by atoms with Crippen LogP contribution in [0, 0.1) is 0 Å². The lowest BCUT2D eigenvalue weighted by Gasteiger charge is -2.24. The molecule has 3 unspecified atom stereocenters. The van der Waals surface area contributed by atoms with Crippen LogP contribution in [-0.4, -0.2) is 46.9 Å². The summed E-state index contributed by atoms with van der Waals surface area (Å²) in [5, 5.41) is 23.8. The molecule has 0 saturated heterocycles. The van der Waals surface area contributed by atoms with Gasteiger partial charge in [-0.2, -0.15) is 0 Å². The van der Waals surface area contributed by atoms with Crippen LogP contribution in [0.25, 0.3) is 0 Å². The first-order valence-corrected chi connectivity index (χ1v) is 28.0. The Bertz CT molecular complexity index is 1320. The van der Waals surface area contributed by atoms with Crippen molar-refractivity contribution < 1.29 is 24.5 Å². The number of amides is 1. The van der Waals surface area contributed by atoms with Gasteiger partial charge in [-0.15, -0.1) is 0 Å². The molecule has 0 aliphatic carbocycles. The number of rotatable bonds is 49. The van der Waals surface area contributed by atoms with E-state index in [4.69, 9.17) is 4.74 Å². The van der Waals surface area contributed by atoms with Crippen LogP contribution in [0.4, 0.5) is 0 Å². The van der Waals surface area contributed by atoms with Gasteiger partial charge in [-0.3, -0.25) is 9.59 Å². The van der Waals surface area contributed by atoms with Crippen molar-refractivity contribution in [2.24, 2.45) is 0 Å². The Balaban J connectivity index is 4.69. The molecule has 3 N–H and O–H groups in total. The van der Waals surface area contributed by atoms with E-state index in [2.05, 4.69) is 99.0 Å². The zero-order chi connectivity index (χ0) is 48.8. The Morgan fingerprint density at radius 2 is 0.851 bits per heavy atom. The van der Waals surface area contributed by atoms with Crippen LogP contribution < -0.4 is 5.32 Å². The van der Waals surface area contributed by atoms with Gasteiger partial charge in [-0.05, 0) is 83.5 Å². The third-order valence-electron chi connectivity index (χ3n) is 12.2. The molecule has 384 valence electrons. The summed E-state index contributed by atoms with van der Waals surface area (Å²) in [4.78, 5) is 26.2. The SMILES string of the molecule is CCC/C=C/C=C/C=C/C=C/C=C/CCCCCCCC(=O)OC(CCCC/C=C\C/C=C\C/C=C\CCCCC)CC(=O)NC(CO)C(O)CCCCCCCCCCCCCCCCC. The van der Waals surface area contributed by atoms with Gasteiger partial charge in [0, 0.05) is 6.42 Å². The van der Waals surface area contributed by atoms with Gasteiger partial charge in [0.2, 0.25) is 5.91 Å². The molecule has 0 bridgehead atoms. The number of esters is 1. The minimum Gasteiger partial charge on any atom is -0.462 e. The van der Waals surface area contributed by atoms with Crippen molar-refractivity contribution in [3.8, 4) is 0 Å². The second kappa shape index (κ2) is 53.7. The van der Waals surface area contributed by atoms with E-state index in [1.54, 1.807) is 0 Å². The molecule has 0 aliphatic heterocycles. The number of aliphatic hydroxyl groups excluding tert-OH is 2. The van der Waals surface area contributed by atoms with Crippen molar-refractivity contribution in [1.29, 1.82) is 0 Å². The van der Waals surface area contributed by atoms with Crippen LogP contribution in [0.2, 0.25) is 0 Å². The Morgan fingerprint density at radius 1 is 0.448 bits per heavy atom. The minimum atomic E-state index is -0.809. The van der Waals surface area contributed by atoms with Gasteiger partial charge in [0.1, 0.15) is 6.10 Å². The van der Waals surface area contributed by atoms with Crippen LogP contribution >= 0.6 is 0 Å². The largest absolute Gasteiger partial charge is 0.462 e. The summed E-state index contributed by atoms with van der Waals surface area (Å²) in [5.41, 5.74) is 0. The predicted octanol–water partition coefficient (Wildman–Crippen LogP) is 17.3. The second-order valence-electron chi connectivity index (χ2n) is 18.8. The van der Waals surface area contributed by atoms with E-state index in [-0.39, 0.29) is 24.9 Å². The van der Waals surface area contributed by atoms with Crippen molar-refractivity contribution in [3.05, 3.63) is 97.2 Å². The molecule has 0 heterocycles. The number of aliphatic hydroxyl groups is 2. The van der Waals surface area contributed by atoms with E-state index < -0.39 is 18.2 Å². The number of carbonyl (C=O) groups is 2. The van der Waals surface area contributed by atoms with Crippen molar-refractivity contribution in [2.45, 2.75) is 270 Å². The molecule has 0 saturated carbocycles. The summed E-state index contributed by atoms with van der Waals surface area (Å²) in [6, 6.07) is -0.726. The van der Waals surface area contributed by atoms with Crippen molar-refractivity contribution >= 4 is 11.9 Å². The molecule has 0 aromatic heterocycles. The third kappa shape index (κ3) is 49.0. The topological polar surface area (TPSA) is 95.9 Å². The minimum absolute atomic E-state index is 0.0361. The number of unbranched alkanes of at least 4 members (excludes halogenated alkanes) is 25. The van der Waals surface area contributed by atoms with Crippen LogP contribution in [0.1, 0.15) is 252 Å². The van der Waals surface area contributed by atoms with E-state index >= 15 is 0 Å². The molecule has 1 amide bonds. The van der Waals surface area contributed by atoms with Gasteiger partial charge in [0.15, 0.2) is 0 Å². The molecule has 3 atom stereocenters. The summed E-state index contributed by atoms with van der Waals surface area (Å²) in [6.07, 6.45) is 71.7. The van der Waals surface area contributed by atoms with E-state index in [0.29, 0.717) is 19.3 Å². The van der Waals surface area contributed by atoms with Crippen molar-refractivity contribution in [3.63, 3.8) is 0 Å². The van der Waals surface area contributed by atoms with Crippen LogP contribution in [0.3, 0.4) is 0 Å². The molecule has 0 aliphatic rings. The van der Waals surface area contributed by atoms with Crippen molar-refractivity contribution in [2.75, 3.05) is 6.61 Å². The maximum Gasteiger partial charge on any atom is 0.306 e. The quantitative estimate of drug-likeness (QED) is 0.0244. The fourth-order valence-electron chi connectivity index (χ4n) is 8.00. The van der Waals surface area contributed by atoms with E-state index in [0.717, 1.165) is 96.3 Å². The van der Waals surface area contributed by atoms with Gasteiger partial charge in [-0.25, -0.2) is 0 Å². The molecular weight excluding hydrogens is 827 g/mol. The molecule has 0 radical (unpaired) electrons. The highest BCUT2D eigenvalue weighted by Crippen LogP contribution is 2.17. The molecule has 0 fully saturated rings. The van der Waals surface area contributed by atoms with Gasteiger partial charge >= 0.3 is 5.97 Å². The molecule has 0 aromatic rings. The Hall–Kier alpha value is -3.22. The molecule has 0 aromatic carbocycles. The average molecular weight is 933 g/mol.